The largest absolute Gasteiger partial charge is 0.497 e. The van der Waals surface area contributed by atoms with Crippen molar-refractivity contribution >= 4 is 0 Å². The minimum absolute atomic E-state index is 0.0551. The van der Waals surface area contributed by atoms with Crippen LogP contribution >= 0.6 is 0 Å². The van der Waals surface area contributed by atoms with Gasteiger partial charge in [-0.05, 0) is 42.2 Å². The van der Waals surface area contributed by atoms with E-state index >= 15 is 0 Å². The summed E-state index contributed by atoms with van der Waals surface area (Å²) in [7, 11) is 1.68. The van der Waals surface area contributed by atoms with E-state index in [1.165, 1.54) is 11.1 Å². The zero-order valence-corrected chi connectivity index (χ0v) is 12.3. The number of rotatable bonds is 5. The zero-order valence-electron chi connectivity index (χ0n) is 12.3. The molecule has 21 heavy (non-hydrogen) atoms. The second-order valence-electron chi connectivity index (χ2n) is 5.52. The molecule has 2 atom stereocenters. The molecule has 0 fully saturated rings. The lowest BCUT2D eigenvalue weighted by Gasteiger charge is -2.19. The van der Waals surface area contributed by atoms with Gasteiger partial charge >= 0.3 is 0 Å². The van der Waals surface area contributed by atoms with E-state index in [1.807, 2.05) is 30.3 Å². The highest BCUT2D eigenvalue weighted by Crippen LogP contribution is 2.29. The Bertz CT molecular complexity index is 569. The Morgan fingerprint density at radius 3 is 2.67 bits per heavy atom. The molecule has 0 bridgehead atoms. The number of hydrogen-bond acceptors (Lipinski definition) is 3. The van der Waals surface area contributed by atoms with E-state index in [9.17, 15) is 0 Å². The Morgan fingerprint density at radius 2 is 1.95 bits per heavy atom. The molecule has 3 heteroatoms. The van der Waals surface area contributed by atoms with Gasteiger partial charge in [-0.2, -0.15) is 0 Å². The summed E-state index contributed by atoms with van der Waals surface area (Å²) in [5.41, 5.74) is 8.86. The van der Waals surface area contributed by atoms with Crippen molar-refractivity contribution in [3.8, 4) is 11.5 Å². The van der Waals surface area contributed by atoms with E-state index in [1.54, 1.807) is 7.11 Å². The fourth-order valence-corrected chi connectivity index (χ4v) is 2.76. The Hall–Kier alpha value is -2.00. The average Bonchev–Trinajstić information content (AvgIpc) is 2.97. The summed E-state index contributed by atoms with van der Waals surface area (Å²) < 4.78 is 11.1. The molecule has 0 saturated carbocycles. The van der Waals surface area contributed by atoms with Crippen LogP contribution in [0.15, 0.2) is 48.5 Å². The van der Waals surface area contributed by atoms with Gasteiger partial charge in [-0.15, -0.1) is 0 Å². The average molecular weight is 283 g/mol. The lowest BCUT2D eigenvalue weighted by molar-refractivity contribution is 0.193. The van der Waals surface area contributed by atoms with E-state index in [4.69, 9.17) is 15.2 Å². The summed E-state index contributed by atoms with van der Waals surface area (Å²) in [5, 5.41) is 0. The van der Waals surface area contributed by atoms with Gasteiger partial charge in [0.2, 0.25) is 0 Å². The van der Waals surface area contributed by atoms with Gasteiger partial charge in [0.05, 0.1) is 7.11 Å². The molecule has 0 amide bonds. The summed E-state index contributed by atoms with van der Waals surface area (Å²) in [5.74, 6) is 1.88. The number of fused-ring (bicyclic) bond motifs is 1. The van der Waals surface area contributed by atoms with Gasteiger partial charge in [0, 0.05) is 12.5 Å². The number of benzene rings is 2. The number of para-hydroxylation sites is 1. The second kappa shape index (κ2) is 6.19. The number of hydrogen-bond donors (Lipinski definition) is 1. The van der Waals surface area contributed by atoms with Crippen LogP contribution in [0.3, 0.4) is 0 Å². The van der Waals surface area contributed by atoms with Crippen molar-refractivity contribution in [1.82, 2.24) is 0 Å². The van der Waals surface area contributed by atoms with Crippen LogP contribution in [0.1, 0.15) is 17.5 Å². The summed E-state index contributed by atoms with van der Waals surface area (Å²) in [6, 6.07) is 16.4. The Balaban J connectivity index is 1.54. The molecule has 3 nitrogen and oxygen atoms in total. The summed E-state index contributed by atoms with van der Waals surface area (Å²) in [6.45, 7) is 0. The van der Waals surface area contributed by atoms with Crippen LogP contribution in [0.5, 0.6) is 11.5 Å². The maximum absolute atomic E-state index is 6.31. The molecular weight excluding hydrogens is 262 g/mol. The molecule has 0 radical (unpaired) electrons. The van der Waals surface area contributed by atoms with Crippen LogP contribution in [0, 0.1) is 0 Å². The van der Waals surface area contributed by atoms with Crippen LogP contribution < -0.4 is 15.2 Å². The predicted octanol–water partition coefficient (Wildman–Crippen LogP) is 2.96. The third kappa shape index (κ3) is 3.19. The number of aryl methyl sites for hydroxylation is 1. The molecule has 0 saturated heterocycles. The molecule has 0 aliphatic carbocycles. The Kier molecular flexibility index (Phi) is 4.11. The van der Waals surface area contributed by atoms with Gasteiger partial charge in [0.1, 0.15) is 17.6 Å². The molecule has 2 aromatic rings. The van der Waals surface area contributed by atoms with Crippen molar-refractivity contribution in [2.75, 3.05) is 7.11 Å². The van der Waals surface area contributed by atoms with Gasteiger partial charge in [-0.3, -0.25) is 0 Å². The molecule has 3 rings (SSSR count). The van der Waals surface area contributed by atoms with Gasteiger partial charge in [0.15, 0.2) is 0 Å². The first kappa shape index (κ1) is 14.0. The zero-order chi connectivity index (χ0) is 14.7. The van der Waals surface area contributed by atoms with Gasteiger partial charge in [-0.25, -0.2) is 0 Å². The minimum atomic E-state index is 0.0551. The lowest BCUT2D eigenvalue weighted by Crippen LogP contribution is -2.38. The highest BCUT2D eigenvalue weighted by molar-refractivity contribution is 5.37. The predicted molar refractivity (Wildman–Crippen MR) is 83.9 cm³/mol. The molecule has 0 aromatic heterocycles. The topological polar surface area (TPSA) is 44.5 Å². The van der Waals surface area contributed by atoms with Crippen molar-refractivity contribution < 1.29 is 9.47 Å². The summed E-state index contributed by atoms with van der Waals surface area (Å²) in [6.07, 6.45) is 2.90. The van der Waals surface area contributed by atoms with Crippen LogP contribution in [-0.4, -0.2) is 19.3 Å². The molecule has 110 valence electrons. The lowest BCUT2D eigenvalue weighted by atomic mass is 9.99. The number of nitrogens with two attached hydrogens (primary N) is 1. The van der Waals surface area contributed by atoms with Crippen molar-refractivity contribution in [2.45, 2.75) is 31.4 Å². The van der Waals surface area contributed by atoms with Crippen molar-refractivity contribution in [1.29, 1.82) is 0 Å². The van der Waals surface area contributed by atoms with Gasteiger partial charge in [0.25, 0.3) is 0 Å². The summed E-state index contributed by atoms with van der Waals surface area (Å²) >= 11 is 0. The van der Waals surface area contributed by atoms with E-state index in [0.29, 0.717) is 0 Å². The van der Waals surface area contributed by atoms with Crippen LogP contribution in [0.2, 0.25) is 0 Å². The summed E-state index contributed by atoms with van der Waals surface area (Å²) in [4.78, 5) is 0. The maximum Gasteiger partial charge on any atom is 0.123 e. The molecule has 2 aromatic carbocycles. The van der Waals surface area contributed by atoms with E-state index in [2.05, 4.69) is 18.2 Å². The first-order valence-corrected chi connectivity index (χ1v) is 7.39. The van der Waals surface area contributed by atoms with E-state index in [0.717, 1.165) is 30.8 Å². The number of methoxy groups -OCH3 is 1. The fourth-order valence-electron chi connectivity index (χ4n) is 2.76. The Morgan fingerprint density at radius 1 is 1.19 bits per heavy atom. The van der Waals surface area contributed by atoms with Crippen molar-refractivity contribution in [3.05, 3.63) is 59.7 Å². The first-order chi connectivity index (χ1) is 10.3. The SMILES string of the molecule is COc1ccc(CCC(N)C2Cc3ccccc3O2)cc1. The smallest absolute Gasteiger partial charge is 0.123 e. The standard InChI is InChI=1S/C18H21NO2/c1-20-15-9-6-13(7-10-15)8-11-16(19)18-12-14-4-2-3-5-17(14)21-18/h2-7,9-10,16,18H,8,11-12,19H2,1H3. The molecule has 1 aliphatic heterocycles. The minimum Gasteiger partial charge on any atom is -0.497 e. The van der Waals surface area contributed by atoms with Crippen molar-refractivity contribution in [3.63, 3.8) is 0 Å². The van der Waals surface area contributed by atoms with Gasteiger partial charge in [-0.1, -0.05) is 30.3 Å². The molecule has 2 N–H and O–H groups in total. The van der Waals surface area contributed by atoms with E-state index in [-0.39, 0.29) is 12.1 Å². The molecule has 1 aliphatic rings. The Labute approximate surface area is 125 Å². The highest BCUT2D eigenvalue weighted by Gasteiger charge is 2.27. The van der Waals surface area contributed by atoms with E-state index < -0.39 is 0 Å². The molecule has 0 spiro atoms. The molecule has 1 heterocycles. The third-order valence-corrected chi connectivity index (χ3v) is 4.07. The third-order valence-electron chi connectivity index (χ3n) is 4.07. The normalized spacial score (nSPS) is 17.9. The van der Waals surface area contributed by atoms with Gasteiger partial charge < -0.3 is 15.2 Å². The highest BCUT2D eigenvalue weighted by atomic mass is 16.5. The maximum atomic E-state index is 6.31. The fraction of sp³-hybridized carbons (Fsp3) is 0.333. The molecule has 2 unspecified atom stereocenters. The quantitative estimate of drug-likeness (QED) is 0.917. The second-order valence-corrected chi connectivity index (χ2v) is 5.52. The van der Waals surface area contributed by atoms with Crippen LogP contribution in [-0.2, 0) is 12.8 Å². The van der Waals surface area contributed by atoms with Crippen LogP contribution in [0.4, 0.5) is 0 Å². The van der Waals surface area contributed by atoms with Crippen LogP contribution in [0.25, 0.3) is 0 Å². The van der Waals surface area contributed by atoms with Crippen molar-refractivity contribution in [2.24, 2.45) is 5.73 Å². The molecular formula is C18H21NO2. The monoisotopic (exact) mass is 283 g/mol. The number of ether oxygens (including phenoxy) is 2. The first-order valence-electron chi connectivity index (χ1n) is 7.39.